The number of hydrogen-bond acceptors (Lipinski definition) is 6. The van der Waals surface area contributed by atoms with Gasteiger partial charge >= 0.3 is 11.4 Å². The van der Waals surface area contributed by atoms with Crippen molar-refractivity contribution in [2.45, 2.75) is 12.8 Å². The summed E-state index contributed by atoms with van der Waals surface area (Å²) in [6.45, 7) is 0. The van der Waals surface area contributed by atoms with E-state index < -0.39 is 22.5 Å². The van der Waals surface area contributed by atoms with Crippen molar-refractivity contribution in [3.63, 3.8) is 0 Å². The summed E-state index contributed by atoms with van der Waals surface area (Å²) in [5.41, 5.74) is 3.58. The van der Waals surface area contributed by atoms with Gasteiger partial charge in [-0.2, -0.15) is 0 Å². The highest BCUT2D eigenvalue weighted by Gasteiger charge is 2.19. The molecule has 0 fully saturated rings. The molecule has 0 amide bonds. The first-order valence-electron chi connectivity index (χ1n) is 13.5. The molecular weight excluding hydrogens is 532 g/mol. The number of pyridine rings is 2. The SMILES string of the molecule is Cn1c(=O)c2cc(CCc3cc4c(=O)n(C)c(=O)n(C)c4nc3-c3ccccc3)c(-c3ccccc3)nc2n(C)c1=O. The number of benzene rings is 2. The van der Waals surface area contributed by atoms with Crippen LogP contribution in [0.3, 0.4) is 0 Å². The minimum absolute atomic E-state index is 0.312. The lowest BCUT2D eigenvalue weighted by Crippen LogP contribution is -2.37. The van der Waals surface area contributed by atoms with Gasteiger partial charge < -0.3 is 0 Å². The fourth-order valence-corrected chi connectivity index (χ4v) is 5.42. The maximum absolute atomic E-state index is 13.1. The first-order valence-corrected chi connectivity index (χ1v) is 13.5. The molecule has 4 aromatic heterocycles. The van der Waals surface area contributed by atoms with Crippen molar-refractivity contribution in [2.75, 3.05) is 0 Å². The van der Waals surface area contributed by atoms with Crippen molar-refractivity contribution in [3.05, 3.63) is 126 Å². The third kappa shape index (κ3) is 4.28. The lowest BCUT2D eigenvalue weighted by atomic mass is 9.95. The van der Waals surface area contributed by atoms with Gasteiger partial charge in [0.1, 0.15) is 11.3 Å². The van der Waals surface area contributed by atoms with E-state index in [4.69, 9.17) is 9.97 Å². The Balaban J connectivity index is 1.57. The highest BCUT2D eigenvalue weighted by Crippen LogP contribution is 2.29. The molecule has 6 rings (SSSR count). The summed E-state index contributed by atoms with van der Waals surface area (Å²) in [5.74, 6) is 0. The lowest BCUT2D eigenvalue weighted by molar-refractivity contribution is 0.706. The Morgan fingerprint density at radius 3 is 1.24 bits per heavy atom. The third-order valence-electron chi connectivity index (χ3n) is 7.77. The zero-order valence-corrected chi connectivity index (χ0v) is 23.7. The average Bonchev–Trinajstić information content (AvgIpc) is 3.03. The molecule has 2 aromatic carbocycles. The zero-order valence-electron chi connectivity index (χ0n) is 23.7. The maximum atomic E-state index is 13.1. The standard InChI is InChI=1S/C32H28N6O4/c1-35-27-23(29(39)37(3)31(35)41)17-21(25(33-27)19-11-7-5-8-12-19)15-16-22-18-24-28(36(2)32(42)38(4)30(24)40)34-26(22)20-13-9-6-10-14-20/h5-14,17-18H,15-16H2,1-4H3. The second kappa shape index (κ2) is 10.2. The Morgan fingerprint density at radius 2 is 0.881 bits per heavy atom. The van der Waals surface area contributed by atoms with Crippen LogP contribution in [0.2, 0.25) is 0 Å². The molecule has 0 atom stereocenters. The maximum Gasteiger partial charge on any atom is 0.332 e. The molecule has 0 bridgehead atoms. The normalized spacial score (nSPS) is 11.4. The number of aryl methyl sites for hydroxylation is 4. The van der Waals surface area contributed by atoms with Crippen molar-refractivity contribution in [3.8, 4) is 22.5 Å². The van der Waals surface area contributed by atoms with Gasteiger partial charge in [-0.3, -0.25) is 27.9 Å². The van der Waals surface area contributed by atoms with Crippen LogP contribution < -0.4 is 22.5 Å². The van der Waals surface area contributed by atoms with Gasteiger partial charge in [0, 0.05) is 39.3 Å². The van der Waals surface area contributed by atoms with Gasteiger partial charge in [0.25, 0.3) is 11.1 Å². The Hall–Kier alpha value is -5.38. The third-order valence-corrected chi connectivity index (χ3v) is 7.77. The molecule has 10 nitrogen and oxygen atoms in total. The summed E-state index contributed by atoms with van der Waals surface area (Å²) < 4.78 is 4.93. The van der Waals surface area contributed by atoms with Crippen molar-refractivity contribution >= 4 is 22.1 Å². The molecule has 0 radical (unpaired) electrons. The van der Waals surface area contributed by atoms with Crippen LogP contribution in [0.25, 0.3) is 44.6 Å². The van der Waals surface area contributed by atoms with Crippen LogP contribution in [0.5, 0.6) is 0 Å². The van der Waals surface area contributed by atoms with E-state index in [0.29, 0.717) is 46.3 Å². The Morgan fingerprint density at radius 1 is 0.524 bits per heavy atom. The molecule has 4 heterocycles. The molecule has 10 heteroatoms. The van der Waals surface area contributed by atoms with Gasteiger partial charge in [0.2, 0.25) is 0 Å². The van der Waals surface area contributed by atoms with E-state index in [9.17, 15) is 19.2 Å². The Kier molecular flexibility index (Phi) is 6.53. The zero-order chi connectivity index (χ0) is 29.7. The summed E-state index contributed by atoms with van der Waals surface area (Å²) in [7, 11) is 6.11. The minimum Gasteiger partial charge on any atom is -0.280 e. The fraction of sp³-hybridized carbons (Fsp3) is 0.188. The topological polar surface area (TPSA) is 114 Å². The quantitative estimate of drug-likeness (QED) is 0.320. The van der Waals surface area contributed by atoms with Crippen molar-refractivity contribution in [1.82, 2.24) is 28.2 Å². The summed E-state index contributed by atoms with van der Waals surface area (Å²) >= 11 is 0. The predicted octanol–water partition coefficient (Wildman–Crippen LogP) is 2.70. The Bertz CT molecular complexity index is 2100. The molecule has 0 unspecified atom stereocenters. The van der Waals surface area contributed by atoms with Crippen LogP contribution in [0.4, 0.5) is 0 Å². The molecule has 0 aliphatic heterocycles. The van der Waals surface area contributed by atoms with Crippen molar-refractivity contribution in [2.24, 2.45) is 28.2 Å². The van der Waals surface area contributed by atoms with E-state index in [0.717, 1.165) is 31.4 Å². The first kappa shape index (κ1) is 26.8. The summed E-state index contributed by atoms with van der Waals surface area (Å²) in [6, 6.07) is 22.8. The van der Waals surface area contributed by atoms with E-state index in [2.05, 4.69) is 0 Å². The van der Waals surface area contributed by atoms with Crippen molar-refractivity contribution in [1.29, 1.82) is 0 Å². The number of fused-ring (bicyclic) bond motifs is 2. The largest absolute Gasteiger partial charge is 0.332 e. The van der Waals surface area contributed by atoms with Gasteiger partial charge in [-0.25, -0.2) is 19.6 Å². The number of hydrogen-bond donors (Lipinski definition) is 0. The van der Waals surface area contributed by atoms with Gasteiger partial charge in [0.15, 0.2) is 0 Å². The van der Waals surface area contributed by atoms with E-state index >= 15 is 0 Å². The summed E-state index contributed by atoms with van der Waals surface area (Å²) in [5, 5.41) is 0.691. The molecule has 6 aromatic rings. The van der Waals surface area contributed by atoms with Crippen molar-refractivity contribution < 1.29 is 0 Å². The van der Waals surface area contributed by atoms with E-state index in [1.54, 1.807) is 14.1 Å². The van der Waals surface area contributed by atoms with E-state index in [-0.39, 0.29) is 0 Å². The second-order valence-electron chi connectivity index (χ2n) is 10.4. The highest BCUT2D eigenvalue weighted by molar-refractivity contribution is 5.82. The number of nitrogens with zero attached hydrogens (tertiary/aromatic N) is 6. The average molecular weight is 561 g/mol. The van der Waals surface area contributed by atoms with Gasteiger partial charge in [-0.1, -0.05) is 60.7 Å². The molecule has 0 aliphatic rings. The monoisotopic (exact) mass is 560 g/mol. The molecule has 42 heavy (non-hydrogen) atoms. The summed E-state index contributed by atoms with van der Waals surface area (Å²) in [4.78, 5) is 61.2. The van der Waals surface area contributed by atoms with E-state index in [1.807, 2.05) is 72.8 Å². The lowest BCUT2D eigenvalue weighted by Gasteiger charge is -2.16. The first-order chi connectivity index (χ1) is 20.2. The molecule has 0 aliphatic carbocycles. The van der Waals surface area contributed by atoms with Crippen LogP contribution in [0.15, 0.2) is 92.0 Å². The predicted molar refractivity (Wildman–Crippen MR) is 163 cm³/mol. The minimum atomic E-state index is -0.447. The fourth-order valence-electron chi connectivity index (χ4n) is 5.42. The van der Waals surface area contributed by atoms with Crippen LogP contribution in [-0.2, 0) is 41.0 Å². The van der Waals surface area contributed by atoms with Gasteiger partial charge in [-0.15, -0.1) is 0 Å². The van der Waals surface area contributed by atoms with Crippen LogP contribution >= 0.6 is 0 Å². The highest BCUT2D eigenvalue weighted by atomic mass is 16.2. The van der Waals surface area contributed by atoms with Gasteiger partial charge in [0.05, 0.1) is 22.2 Å². The van der Waals surface area contributed by atoms with Crippen LogP contribution in [0, 0.1) is 0 Å². The number of aromatic nitrogens is 6. The van der Waals surface area contributed by atoms with E-state index in [1.165, 1.54) is 23.2 Å². The number of rotatable bonds is 5. The molecule has 0 N–H and O–H groups in total. The van der Waals surface area contributed by atoms with Crippen LogP contribution in [0.1, 0.15) is 11.1 Å². The molecular formula is C32H28N6O4. The Labute approximate surface area is 239 Å². The smallest absolute Gasteiger partial charge is 0.280 e. The van der Waals surface area contributed by atoms with Crippen LogP contribution in [-0.4, -0.2) is 28.2 Å². The second-order valence-corrected chi connectivity index (χ2v) is 10.4. The molecule has 210 valence electrons. The molecule has 0 saturated heterocycles. The van der Waals surface area contributed by atoms with Gasteiger partial charge in [-0.05, 0) is 36.1 Å². The summed E-state index contributed by atoms with van der Waals surface area (Å²) in [6.07, 6.45) is 0.941. The molecule has 0 saturated carbocycles. The molecule has 0 spiro atoms.